The van der Waals surface area contributed by atoms with Crippen LogP contribution in [-0.2, 0) is 27.8 Å². The van der Waals surface area contributed by atoms with Gasteiger partial charge in [-0.2, -0.15) is 9.40 Å². The van der Waals surface area contributed by atoms with Crippen molar-refractivity contribution in [2.24, 2.45) is 0 Å². The van der Waals surface area contributed by atoms with Crippen LogP contribution in [0.15, 0.2) is 53.4 Å². The third kappa shape index (κ3) is 5.19. The zero-order chi connectivity index (χ0) is 24.3. The molecule has 0 spiro atoms. The lowest BCUT2D eigenvalue weighted by atomic mass is 10.1. The first kappa shape index (κ1) is 24.1. The van der Waals surface area contributed by atoms with Crippen molar-refractivity contribution in [3.8, 4) is 0 Å². The summed E-state index contributed by atoms with van der Waals surface area (Å²) in [4.78, 5) is 12.7. The van der Waals surface area contributed by atoms with Crippen LogP contribution in [0.5, 0.6) is 0 Å². The van der Waals surface area contributed by atoms with Gasteiger partial charge in [0, 0.05) is 25.2 Å². The summed E-state index contributed by atoms with van der Waals surface area (Å²) in [5.41, 5.74) is 3.22. The Kier molecular flexibility index (Phi) is 7.11. The Morgan fingerprint density at radius 1 is 1.03 bits per heavy atom. The summed E-state index contributed by atoms with van der Waals surface area (Å²) in [7, 11) is -3.65. The molecule has 2 heterocycles. The van der Waals surface area contributed by atoms with E-state index in [1.54, 1.807) is 42.8 Å². The molecule has 1 amide bonds. The first-order chi connectivity index (χ1) is 16.3. The summed E-state index contributed by atoms with van der Waals surface area (Å²) in [6.07, 6.45) is 0. The van der Waals surface area contributed by atoms with Crippen molar-refractivity contribution in [3.63, 3.8) is 0 Å². The molecule has 0 radical (unpaired) electrons. The highest BCUT2D eigenvalue weighted by atomic mass is 32.2. The summed E-state index contributed by atoms with van der Waals surface area (Å²) in [6, 6.07) is 13.0. The van der Waals surface area contributed by atoms with Crippen LogP contribution in [0.2, 0.25) is 0 Å². The molecule has 3 aromatic rings. The third-order valence-corrected chi connectivity index (χ3v) is 7.95. The van der Waals surface area contributed by atoms with E-state index in [1.807, 2.05) is 12.1 Å². The molecule has 0 saturated carbocycles. The van der Waals surface area contributed by atoms with E-state index in [4.69, 9.17) is 4.74 Å². The number of amides is 1. The van der Waals surface area contributed by atoms with E-state index in [0.717, 1.165) is 11.1 Å². The lowest BCUT2D eigenvalue weighted by Gasteiger charge is -2.26. The van der Waals surface area contributed by atoms with Gasteiger partial charge in [-0.25, -0.2) is 12.8 Å². The molecule has 0 aliphatic carbocycles. The molecule has 34 heavy (non-hydrogen) atoms. The normalized spacial score (nSPS) is 14.8. The molecule has 1 fully saturated rings. The zero-order valence-corrected chi connectivity index (χ0v) is 19.9. The molecule has 1 aliphatic rings. The summed E-state index contributed by atoms with van der Waals surface area (Å²) in [5, 5.41) is 7.28. The average Bonchev–Trinajstić information content (AvgIpc) is 3.12. The fourth-order valence-electron chi connectivity index (χ4n) is 3.94. The van der Waals surface area contributed by atoms with Gasteiger partial charge in [0.05, 0.1) is 31.1 Å². The van der Waals surface area contributed by atoms with E-state index in [9.17, 15) is 17.6 Å². The molecule has 1 saturated heterocycles. The Morgan fingerprint density at radius 3 is 2.29 bits per heavy atom. The van der Waals surface area contributed by atoms with Crippen molar-refractivity contribution in [2.45, 2.75) is 31.8 Å². The second-order valence-electron chi connectivity index (χ2n) is 8.18. The molecule has 10 heteroatoms. The minimum atomic E-state index is -3.65. The Morgan fingerprint density at radius 2 is 1.65 bits per heavy atom. The van der Waals surface area contributed by atoms with Gasteiger partial charge in [-0.15, -0.1) is 0 Å². The molecule has 0 bridgehead atoms. The largest absolute Gasteiger partial charge is 0.379 e. The lowest BCUT2D eigenvalue weighted by molar-refractivity contribution is 0.0730. The number of sulfonamides is 1. The first-order valence-electron chi connectivity index (χ1n) is 11.0. The molecule has 1 aliphatic heterocycles. The Hall–Kier alpha value is -3.08. The number of carbonyl (C=O) groups excluding carboxylic acids is 1. The van der Waals surface area contributed by atoms with Crippen molar-refractivity contribution in [1.29, 1.82) is 0 Å². The van der Waals surface area contributed by atoms with Gasteiger partial charge in [0.15, 0.2) is 0 Å². The smallest absolute Gasteiger partial charge is 0.251 e. The lowest BCUT2D eigenvalue weighted by Crippen LogP contribution is -2.41. The highest BCUT2D eigenvalue weighted by molar-refractivity contribution is 7.89. The van der Waals surface area contributed by atoms with Gasteiger partial charge in [0.1, 0.15) is 10.7 Å². The van der Waals surface area contributed by atoms with Crippen molar-refractivity contribution >= 4 is 15.9 Å². The number of rotatable bonds is 7. The van der Waals surface area contributed by atoms with Gasteiger partial charge in [-0.05, 0) is 49.2 Å². The number of aryl methyl sites for hydroxylation is 1. The van der Waals surface area contributed by atoms with E-state index in [-0.39, 0.29) is 16.6 Å². The number of hydrogen-bond donors (Lipinski definition) is 1. The second kappa shape index (κ2) is 10.0. The number of benzene rings is 2. The molecule has 0 atom stereocenters. The van der Waals surface area contributed by atoms with E-state index in [2.05, 4.69) is 10.4 Å². The van der Waals surface area contributed by atoms with E-state index >= 15 is 0 Å². The molecular formula is C24H27FN4O4S. The van der Waals surface area contributed by atoms with Crippen LogP contribution in [0.4, 0.5) is 4.39 Å². The third-order valence-electron chi connectivity index (χ3n) is 5.80. The number of halogens is 1. The predicted octanol–water partition coefficient (Wildman–Crippen LogP) is 2.64. The fourth-order valence-corrected chi connectivity index (χ4v) is 5.73. The minimum absolute atomic E-state index is 0.235. The summed E-state index contributed by atoms with van der Waals surface area (Å²) in [5.74, 6) is -0.556. The zero-order valence-electron chi connectivity index (χ0n) is 19.1. The Balaban J connectivity index is 1.43. The van der Waals surface area contributed by atoms with Gasteiger partial charge in [-0.3, -0.25) is 9.48 Å². The number of nitrogens with zero attached hydrogens (tertiary/aromatic N) is 3. The van der Waals surface area contributed by atoms with Gasteiger partial charge in [-0.1, -0.05) is 24.3 Å². The standard InChI is InChI=1S/C24H27FN4O4S/c1-17-23(34(31,32)28-11-13-33-14-12-28)18(2)29(27-17)16-20-3-7-21(8-4-20)24(30)26-15-19-5-9-22(25)10-6-19/h3-10H,11-16H2,1-2H3,(H,26,30). The van der Waals surface area contributed by atoms with Crippen molar-refractivity contribution in [2.75, 3.05) is 26.3 Å². The van der Waals surface area contributed by atoms with E-state index in [0.29, 0.717) is 56.3 Å². The van der Waals surface area contributed by atoms with Gasteiger partial charge in [0.25, 0.3) is 5.91 Å². The highest BCUT2D eigenvalue weighted by Crippen LogP contribution is 2.25. The highest BCUT2D eigenvalue weighted by Gasteiger charge is 2.32. The second-order valence-corrected chi connectivity index (χ2v) is 10.1. The number of aromatic nitrogens is 2. The van der Waals surface area contributed by atoms with Crippen molar-refractivity contribution in [3.05, 3.63) is 82.4 Å². The topological polar surface area (TPSA) is 93.5 Å². The van der Waals surface area contributed by atoms with Gasteiger partial charge in [0.2, 0.25) is 10.0 Å². The van der Waals surface area contributed by atoms with Crippen LogP contribution in [0.1, 0.15) is 32.9 Å². The van der Waals surface area contributed by atoms with Crippen LogP contribution >= 0.6 is 0 Å². The molecular weight excluding hydrogens is 459 g/mol. The predicted molar refractivity (Wildman–Crippen MR) is 124 cm³/mol. The number of morpholine rings is 1. The van der Waals surface area contributed by atoms with Crippen LogP contribution < -0.4 is 5.32 Å². The fraction of sp³-hybridized carbons (Fsp3) is 0.333. The van der Waals surface area contributed by atoms with Crippen molar-refractivity contribution < 1.29 is 22.3 Å². The molecule has 1 N–H and O–H groups in total. The quantitative estimate of drug-likeness (QED) is 0.554. The molecule has 1 aromatic heterocycles. The maximum absolute atomic E-state index is 13.1. The van der Waals surface area contributed by atoms with Crippen LogP contribution in [0.25, 0.3) is 0 Å². The van der Waals surface area contributed by atoms with Crippen molar-refractivity contribution in [1.82, 2.24) is 19.4 Å². The molecule has 8 nitrogen and oxygen atoms in total. The first-order valence-corrected chi connectivity index (χ1v) is 12.4. The number of ether oxygens (including phenoxy) is 1. The maximum atomic E-state index is 13.1. The Labute approximate surface area is 198 Å². The molecule has 2 aromatic carbocycles. The number of hydrogen-bond acceptors (Lipinski definition) is 5. The van der Waals surface area contributed by atoms with Crippen LogP contribution in [-0.4, -0.2) is 54.7 Å². The maximum Gasteiger partial charge on any atom is 0.251 e. The summed E-state index contributed by atoms with van der Waals surface area (Å²) in [6.45, 7) is 5.56. The summed E-state index contributed by atoms with van der Waals surface area (Å²) < 4.78 is 47.7. The van der Waals surface area contributed by atoms with E-state index in [1.165, 1.54) is 16.4 Å². The van der Waals surface area contributed by atoms with Crippen LogP contribution in [0, 0.1) is 19.7 Å². The molecule has 180 valence electrons. The van der Waals surface area contributed by atoms with Crippen LogP contribution in [0.3, 0.4) is 0 Å². The molecule has 0 unspecified atom stereocenters. The minimum Gasteiger partial charge on any atom is -0.379 e. The SMILES string of the molecule is Cc1nn(Cc2ccc(C(=O)NCc3ccc(F)cc3)cc2)c(C)c1S(=O)(=O)N1CCOCC1. The van der Waals surface area contributed by atoms with Gasteiger partial charge >= 0.3 is 0 Å². The molecule has 4 rings (SSSR count). The average molecular weight is 487 g/mol. The van der Waals surface area contributed by atoms with Gasteiger partial charge < -0.3 is 10.1 Å². The number of carbonyl (C=O) groups is 1. The monoisotopic (exact) mass is 486 g/mol. The summed E-state index contributed by atoms with van der Waals surface area (Å²) >= 11 is 0. The van der Waals surface area contributed by atoms with E-state index < -0.39 is 10.0 Å². The number of nitrogens with one attached hydrogen (secondary N) is 1. The Bertz CT molecular complexity index is 1270.